The SMILES string of the molecule is Cc1nc2sc3c(c2c(=O)n1NC(=O)c1nn(C)cc1Br)CCC3. The van der Waals surface area contributed by atoms with Crippen LogP contribution in [0.15, 0.2) is 15.5 Å². The van der Waals surface area contributed by atoms with Crippen LogP contribution in [-0.4, -0.2) is 25.3 Å². The van der Waals surface area contributed by atoms with Gasteiger partial charge in [0.15, 0.2) is 5.69 Å². The molecule has 0 radical (unpaired) electrons. The summed E-state index contributed by atoms with van der Waals surface area (Å²) in [6.07, 6.45) is 4.65. The molecule has 0 aromatic carbocycles. The number of carbonyl (C=O) groups excluding carboxylic acids is 1. The van der Waals surface area contributed by atoms with Gasteiger partial charge >= 0.3 is 0 Å². The predicted molar refractivity (Wildman–Crippen MR) is 95.2 cm³/mol. The topological polar surface area (TPSA) is 81.8 Å². The van der Waals surface area contributed by atoms with Gasteiger partial charge in [-0.3, -0.25) is 19.7 Å². The Morgan fingerprint density at radius 2 is 2.21 bits per heavy atom. The smallest absolute Gasteiger partial charge is 0.274 e. The highest BCUT2D eigenvalue weighted by atomic mass is 79.9. The molecule has 1 aliphatic rings. The molecular formula is C15H14BrN5O2S. The van der Waals surface area contributed by atoms with Crippen LogP contribution in [-0.2, 0) is 19.9 Å². The Bertz CT molecular complexity index is 1050. The molecule has 0 unspecified atom stereocenters. The minimum Gasteiger partial charge on any atom is -0.274 e. The molecule has 0 fully saturated rings. The maximum absolute atomic E-state index is 12.9. The summed E-state index contributed by atoms with van der Waals surface area (Å²) in [5, 5.41) is 4.74. The van der Waals surface area contributed by atoms with E-state index in [1.807, 2.05) is 0 Å². The first-order valence-electron chi connectivity index (χ1n) is 7.50. The quantitative estimate of drug-likeness (QED) is 0.705. The van der Waals surface area contributed by atoms with Gasteiger partial charge in [0.05, 0.1) is 9.86 Å². The molecule has 24 heavy (non-hydrogen) atoms. The van der Waals surface area contributed by atoms with E-state index in [4.69, 9.17) is 0 Å². The zero-order chi connectivity index (χ0) is 17.0. The van der Waals surface area contributed by atoms with Crippen LogP contribution in [0.2, 0.25) is 0 Å². The number of fused-ring (bicyclic) bond motifs is 3. The maximum Gasteiger partial charge on any atom is 0.291 e. The van der Waals surface area contributed by atoms with Gasteiger partial charge in [-0.2, -0.15) is 5.10 Å². The number of hydrogen-bond acceptors (Lipinski definition) is 5. The van der Waals surface area contributed by atoms with Crippen molar-refractivity contribution in [1.82, 2.24) is 19.4 Å². The third-order valence-corrected chi connectivity index (χ3v) is 5.89. The van der Waals surface area contributed by atoms with Crippen LogP contribution in [0.4, 0.5) is 0 Å². The number of nitrogens with zero attached hydrogens (tertiary/aromatic N) is 4. The molecule has 0 bridgehead atoms. The van der Waals surface area contributed by atoms with Gasteiger partial charge in [-0.05, 0) is 47.7 Å². The zero-order valence-electron chi connectivity index (χ0n) is 13.1. The van der Waals surface area contributed by atoms with Crippen LogP contribution < -0.4 is 11.0 Å². The molecule has 1 amide bonds. The lowest BCUT2D eigenvalue weighted by atomic mass is 10.2. The van der Waals surface area contributed by atoms with Crippen molar-refractivity contribution in [2.45, 2.75) is 26.2 Å². The minimum absolute atomic E-state index is 0.222. The second-order valence-corrected chi connectivity index (χ2v) is 7.72. The number of hydrogen-bond donors (Lipinski definition) is 1. The molecule has 0 saturated carbocycles. The number of halogens is 1. The third-order valence-electron chi connectivity index (χ3n) is 4.12. The van der Waals surface area contributed by atoms with E-state index in [-0.39, 0.29) is 11.3 Å². The van der Waals surface area contributed by atoms with Gasteiger partial charge in [0.2, 0.25) is 0 Å². The standard InChI is InChI=1S/C15H14BrN5O2S/c1-7-17-14-11(8-4-3-5-10(8)24-14)15(23)21(7)19-13(22)12-9(16)6-20(2)18-12/h6H,3-5H2,1-2H3,(H,19,22). The molecule has 124 valence electrons. The molecule has 0 spiro atoms. The van der Waals surface area contributed by atoms with Crippen LogP contribution in [0.25, 0.3) is 10.2 Å². The van der Waals surface area contributed by atoms with Gasteiger partial charge in [-0.25, -0.2) is 9.66 Å². The van der Waals surface area contributed by atoms with E-state index in [9.17, 15) is 9.59 Å². The summed E-state index contributed by atoms with van der Waals surface area (Å²) in [7, 11) is 1.72. The van der Waals surface area contributed by atoms with Gasteiger partial charge in [0.1, 0.15) is 10.7 Å². The number of carbonyl (C=O) groups is 1. The van der Waals surface area contributed by atoms with E-state index in [1.54, 1.807) is 31.5 Å². The van der Waals surface area contributed by atoms with Crippen molar-refractivity contribution < 1.29 is 4.79 Å². The molecule has 0 saturated heterocycles. The Labute approximate surface area is 149 Å². The highest BCUT2D eigenvalue weighted by Crippen LogP contribution is 2.34. The first-order chi connectivity index (χ1) is 11.5. The van der Waals surface area contributed by atoms with Crippen LogP contribution in [0.5, 0.6) is 0 Å². The second kappa shape index (κ2) is 5.52. The molecule has 7 nitrogen and oxygen atoms in total. The summed E-state index contributed by atoms with van der Waals surface area (Å²) in [4.78, 5) is 31.9. The van der Waals surface area contributed by atoms with Gasteiger partial charge < -0.3 is 0 Å². The van der Waals surface area contributed by atoms with Crippen molar-refractivity contribution in [3.8, 4) is 0 Å². The third kappa shape index (κ3) is 2.30. The lowest BCUT2D eigenvalue weighted by Gasteiger charge is -2.10. The van der Waals surface area contributed by atoms with E-state index < -0.39 is 5.91 Å². The first kappa shape index (κ1) is 15.5. The molecule has 3 aromatic heterocycles. The number of aryl methyl sites for hydroxylation is 4. The molecule has 3 aromatic rings. The second-order valence-electron chi connectivity index (χ2n) is 5.78. The largest absolute Gasteiger partial charge is 0.291 e. The van der Waals surface area contributed by atoms with Crippen molar-refractivity contribution in [2.24, 2.45) is 7.05 Å². The number of aromatic nitrogens is 4. The van der Waals surface area contributed by atoms with E-state index in [2.05, 4.69) is 31.4 Å². The fourth-order valence-corrected chi connectivity index (χ4v) is 4.90. The van der Waals surface area contributed by atoms with Crippen LogP contribution >= 0.6 is 27.3 Å². The minimum atomic E-state index is -0.458. The van der Waals surface area contributed by atoms with Crippen LogP contribution in [0, 0.1) is 6.92 Å². The molecule has 1 N–H and O–H groups in total. The van der Waals surface area contributed by atoms with Crippen molar-refractivity contribution in [1.29, 1.82) is 0 Å². The molecule has 9 heteroatoms. The lowest BCUT2D eigenvalue weighted by Crippen LogP contribution is -2.35. The monoisotopic (exact) mass is 407 g/mol. The van der Waals surface area contributed by atoms with Crippen molar-refractivity contribution in [2.75, 3.05) is 5.43 Å². The molecule has 3 heterocycles. The Morgan fingerprint density at radius 1 is 1.42 bits per heavy atom. The highest BCUT2D eigenvalue weighted by Gasteiger charge is 2.23. The van der Waals surface area contributed by atoms with E-state index in [1.165, 1.54) is 14.2 Å². The zero-order valence-corrected chi connectivity index (χ0v) is 15.5. The Kier molecular flexibility index (Phi) is 3.57. The Morgan fingerprint density at radius 3 is 2.92 bits per heavy atom. The summed E-state index contributed by atoms with van der Waals surface area (Å²) >= 11 is 4.88. The summed E-state index contributed by atoms with van der Waals surface area (Å²) in [5.41, 5.74) is 3.71. The van der Waals surface area contributed by atoms with Gasteiger partial charge in [0.25, 0.3) is 11.5 Å². The summed E-state index contributed by atoms with van der Waals surface area (Å²) in [6, 6.07) is 0. The number of rotatable bonds is 2. The fourth-order valence-electron chi connectivity index (χ4n) is 3.04. The molecule has 4 rings (SSSR count). The molecule has 0 aliphatic heterocycles. The fraction of sp³-hybridized carbons (Fsp3) is 0.333. The molecule has 0 atom stereocenters. The first-order valence-corrected chi connectivity index (χ1v) is 9.11. The van der Waals surface area contributed by atoms with Crippen molar-refractivity contribution >= 4 is 43.4 Å². The Balaban J connectivity index is 1.81. The van der Waals surface area contributed by atoms with E-state index in [0.29, 0.717) is 15.7 Å². The molecule has 1 aliphatic carbocycles. The maximum atomic E-state index is 12.9. The molecular weight excluding hydrogens is 394 g/mol. The highest BCUT2D eigenvalue weighted by molar-refractivity contribution is 9.10. The van der Waals surface area contributed by atoms with Gasteiger partial charge in [0, 0.05) is 18.1 Å². The average Bonchev–Trinajstić information content (AvgIpc) is 3.17. The predicted octanol–water partition coefficient (Wildman–Crippen LogP) is 2.14. The average molecular weight is 408 g/mol. The summed E-state index contributed by atoms with van der Waals surface area (Å²) in [5.74, 6) is -0.00599. The van der Waals surface area contributed by atoms with Gasteiger partial charge in [-0.1, -0.05) is 0 Å². The van der Waals surface area contributed by atoms with Crippen LogP contribution in [0.3, 0.4) is 0 Å². The normalized spacial score (nSPS) is 13.5. The number of thiophene rings is 1. The van der Waals surface area contributed by atoms with Crippen LogP contribution in [0.1, 0.15) is 33.2 Å². The van der Waals surface area contributed by atoms with E-state index >= 15 is 0 Å². The number of nitrogens with one attached hydrogen (secondary N) is 1. The lowest BCUT2D eigenvalue weighted by molar-refractivity contribution is 0.1000. The number of amides is 1. The summed E-state index contributed by atoms with van der Waals surface area (Å²) in [6.45, 7) is 1.71. The summed E-state index contributed by atoms with van der Waals surface area (Å²) < 4.78 is 3.32. The Hall–Kier alpha value is -2.00. The van der Waals surface area contributed by atoms with Crippen molar-refractivity contribution in [3.05, 3.63) is 43.0 Å². The van der Waals surface area contributed by atoms with E-state index in [0.717, 1.165) is 29.7 Å². The van der Waals surface area contributed by atoms with Gasteiger partial charge in [-0.15, -0.1) is 11.3 Å². The van der Waals surface area contributed by atoms with Crippen molar-refractivity contribution in [3.63, 3.8) is 0 Å².